The molecule has 0 spiro atoms. The fourth-order valence-corrected chi connectivity index (χ4v) is 4.30. The van der Waals surface area contributed by atoms with Crippen molar-refractivity contribution in [2.45, 2.75) is 6.04 Å². The Bertz CT molecular complexity index is 1030. The van der Waals surface area contributed by atoms with E-state index in [2.05, 4.69) is 45.4 Å². The Kier molecular flexibility index (Phi) is 5.94. The topological polar surface area (TPSA) is 48.1 Å². The minimum Gasteiger partial charge on any atom is -0.457 e. The quantitative estimate of drug-likeness (QED) is 0.649. The molecule has 2 aliphatic heterocycles. The Morgan fingerprint density at radius 1 is 0.781 bits per heavy atom. The number of nitrogens with zero attached hydrogens (tertiary/aromatic N) is 3. The Morgan fingerprint density at radius 2 is 1.44 bits per heavy atom. The number of para-hydroxylation sites is 2. The number of urea groups is 1. The van der Waals surface area contributed by atoms with Crippen LogP contribution in [0.15, 0.2) is 84.9 Å². The normalized spacial score (nSPS) is 17.0. The first kappa shape index (κ1) is 20.4. The van der Waals surface area contributed by atoms with E-state index < -0.39 is 0 Å². The lowest BCUT2D eigenvalue weighted by Crippen LogP contribution is -2.64. The second kappa shape index (κ2) is 9.32. The molecule has 0 aliphatic carbocycles. The van der Waals surface area contributed by atoms with E-state index in [4.69, 9.17) is 4.74 Å². The number of nitrogens with one attached hydrogen (secondary N) is 1. The van der Waals surface area contributed by atoms with Gasteiger partial charge in [0.2, 0.25) is 0 Å². The molecule has 0 bridgehead atoms. The van der Waals surface area contributed by atoms with E-state index >= 15 is 0 Å². The lowest BCUT2D eigenvalue weighted by atomic mass is 10.1. The van der Waals surface area contributed by atoms with Crippen molar-refractivity contribution in [1.82, 2.24) is 9.80 Å². The van der Waals surface area contributed by atoms with Crippen LogP contribution in [0.1, 0.15) is 0 Å². The third-order valence-corrected chi connectivity index (χ3v) is 6.17. The van der Waals surface area contributed by atoms with E-state index in [0.717, 1.165) is 50.7 Å². The number of benzene rings is 3. The van der Waals surface area contributed by atoms with Gasteiger partial charge in [-0.15, -0.1) is 0 Å². The van der Waals surface area contributed by atoms with Crippen molar-refractivity contribution >= 4 is 17.4 Å². The van der Waals surface area contributed by atoms with Gasteiger partial charge in [-0.3, -0.25) is 4.90 Å². The molecule has 0 atom stereocenters. The summed E-state index contributed by atoms with van der Waals surface area (Å²) in [6, 6.07) is 28.1. The zero-order valence-corrected chi connectivity index (χ0v) is 18.1. The summed E-state index contributed by atoms with van der Waals surface area (Å²) in [5.41, 5.74) is 2.03. The number of rotatable bonds is 5. The summed E-state index contributed by atoms with van der Waals surface area (Å²) in [5, 5.41) is 3.00. The van der Waals surface area contributed by atoms with Gasteiger partial charge in [-0.25, -0.2) is 4.79 Å². The molecule has 2 heterocycles. The van der Waals surface area contributed by atoms with E-state index in [0.29, 0.717) is 11.8 Å². The maximum atomic E-state index is 12.7. The summed E-state index contributed by atoms with van der Waals surface area (Å²) in [4.78, 5) is 19.5. The lowest BCUT2D eigenvalue weighted by Gasteiger charge is -2.48. The highest BCUT2D eigenvalue weighted by Gasteiger charge is 2.36. The maximum Gasteiger partial charge on any atom is 0.321 e. The molecule has 6 nitrogen and oxygen atoms in total. The molecule has 164 valence electrons. The van der Waals surface area contributed by atoms with Gasteiger partial charge in [-0.1, -0.05) is 42.5 Å². The van der Waals surface area contributed by atoms with Gasteiger partial charge in [0.15, 0.2) is 0 Å². The van der Waals surface area contributed by atoms with Crippen molar-refractivity contribution < 1.29 is 9.53 Å². The molecule has 0 saturated carbocycles. The minimum atomic E-state index is -0.0546. The highest BCUT2D eigenvalue weighted by molar-refractivity contribution is 5.90. The van der Waals surface area contributed by atoms with Crippen molar-refractivity contribution in [3.8, 4) is 11.5 Å². The highest BCUT2D eigenvalue weighted by atomic mass is 16.5. The van der Waals surface area contributed by atoms with Crippen LogP contribution >= 0.6 is 0 Å². The first-order chi connectivity index (χ1) is 15.7. The molecule has 5 rings (SSSR count). The summed E-state index contributed by atoms with van der Waals surface area (Å²) in [6.45, 7) is 5.68. The molecular formula is C26H28N4O2. The number of likely N-dealkylation sites (tertiary alicyclic amines) is 1. The highest BCUT2D eigenvalue weighted by Crippen LogP contribution is 2.25. The number of carbonyl (C=O) groups is 1. The van der Waals surface area contributed by atoms with Crippen LogP contribution in [0.5, 0.6) is 11.5 Å². The summed E-state index contributed by atoms with van der Waals surface area (Å²) in [5.74, 6) is 1.47. The number of carbonyl (C=O) groups excluding carboxylic acids is 1. The van der Waals surface area contributed by atoms with Crippen LogP contribution in [-0.2, 0) is 0 Å². The average Bonchev–Trinajstić information content (AvgIpc) is 2.80. The van der Waals surface area contributed by atoms with Gasteiger partial charge >= 0.3 is 6.03 Å². The summed E-state index contributed by atoms with van der Waals surface area (Å²) in [6.07, 6.45) is 0. The maximum absolute atomic E-state index is 12.7. The minimum absolute atomic E-state index is 0.0546. The molecule has 3 aromatic carbocycles. The van der Waals surface area contributed by atoms with Crippen molar-refractivity contribution in [2.75, 3.05) is 49.5 Å². The van der Waals surface area contributed by atoms with Gasteiger partial charge in [-0.2, -0.15) is 0 Å². The SMILES string of the molecule is O=C(Nc1cccc(Oc2ccccc2)c1)N1CC(N2CCN(c3ccccc3)CC2)C1. The third kappa shape index (κ3) is 4.70. The summed E-state index contributed by atoms with van der Waals surface area (Å²) in [7, 11) is 0. The Labute approximate surface area is 189 Å². The van der Waals surface area contributed by atoms with E-state index in [-0.39, 0.29) is 6.03 Å². The molecule has 0 unspecified atom stereocenters. The molecule has 6 heteroatoms. The summed E-state index contributed by atoms with van der Waals surface area (Å²) >= 11 is 0. The molecule has 2 amide bonds. The largest absolute Gasteiger partial charge is 0.457 e. The lowest BCUT2D eigenvalue weighted by molar-refractivity contribution is 0.0578. The predicted octanol–water partition coefficient (Wildman–Crippen LogP) is 4.52. The van der Waals surface area contributed by atoms with Gasteiger partial charge < -0.3 is 19.9 Å². The molecule has 0 radical (unpaired) electrons. The molecule has 32 heavy (non-hydrogen) atoms. The standard InChI is InChI=1S/C26H28N4O2/c31-26(27-21-8-7-13-25(18-21)32-24-11-5-2-6-12-24)30-19-23(20-30)29-16-14-28(15-17-29)22-9-3-1-4-10-22/h1-13,18,23H,14-17,19-20H2,(H,27,31). The van der Waals surface area contributed by atoms with Gasteiger partial charge in [0.1, 0.15) is 11.5 Å². The number of hydrogen-bond donors (Lipinski definition) is 1. The first-order valence-electron chi connectivity index (χ1n) is 11.2. The van der Waals surface area contributed by atoms with Crippen molar-refractivity contribution in [2.24, 2.45) is 0 Å². The van der Waals surface area contributed by atoms with Gasteiger partial charge in [0, 0.05) is 62.8 Å². The fraction of sp³-hybridized carbons (Fsp3) is 0.269. The molecular weight excluding hydrogens is 400 g/mol. The van der Waals surface area contributed by atoms with E-state index in [1.54, 1.807) is 0 Å². The third-order valence-electron chi connectivity index (χ3n) is 6.17. The molecule has 2 aliphatic rings. The molecule has 3 aromatic rings. The number of amides is 2. The first-order valence-corrected chi connectivity index (χ1v) is 11.2. The number of anilines is 2. The van der Waals surface area contributed by atoms with Crippen molar-refractivity contribution in [1.29, 1.82) is 0 Å². The second-order valence-electron chi connectivity index (χ2n) is 8.29. The van der Waals surface area contributed by atoms with Crippen LogP contribution < -0.4 is 15.0 Å². The van der Waals surface area contributed by atoms with Gasteiger partial charge in [0.05, 0.1) is 0 Å². The van der Waals surface area contributed by atoms with Crippen LogP contribution in [-0.4, -0.2) is 61.1 Å². The van der Waals surface area contributed by atoms with Crippen molar-refractivity contribution in [3.63, 3.8) is 0 Å². The van der Waals surface area contributed by atoms with Crippen LogP contribution in [0, 0.1) is 0 Å². The van der Waals surface area contributed by atoms with Gasteiger partial charge in [0.25, 0.3) is 0 Å². The number of hydrogen-bond acceptors (Lipinski definition) is 4. The number of ether oxygens (including phenoxy) is 1. The summed E-state index contributed by atoms with van der Waals surface area (Å²) < 4.78 is 5.86. The van der Waals surface area contributed by atoms with Gasteiger partial charge in [-0.05, 0) is 36.4 Å². The van der Waals surface area contributed by atoms with Crippen LogP contribution in [0.25, 0.3) is 0 Å². The molecule has 2 fully saturated rings. The molecule has 2 saturated heterocycles. The monoisotopic (exact) mass is 428 g/mol. The Balaban J connectivity index is 1.09. The molecule has 1 N–H and O–H groups in total. The van der Waals surface area contributed by atoms with E-state index in [9.17, 15) is 4.79 Å². The number of piperazine rings is 1. The van der Waals surface area contributed by atoms with Crippen LogP contribution in [0.3, 0.4) is 0 Å². The Hall–Kier alpha value is -3.51. The van der Waals surface area contributed by atoms with E-state index in [1.807, 2.05) is 59.5 Å². The second-order valence-corrected chi connectivity index (χ2v) is 8.29. The van der Waals surface area contributed by atoms with E-state index in [1.165, 1.54) is 5.69 Å². The Morgan fingerprint density at radius 3 is 2.16 bits per heavy atom. The zero-order chi connectivity index (χ0) is 21.8. The smallest absolute Gasteiger partial charge is 0.321 e. The average molecular weight is 429 g/mol. The fourth-order valence-electron chi connectivity index (χ4n) is 4.30. The predicted molar refractivity (Wildman–Crippen MR) is 128 cm³/mol. The van der Waals surface area contributed by atoms with Crippen LogP contribution in [0.4, 0.5) is 16.2 Å². The zero-order valence-electron chi connectivity index (χ0n) is 18.1. The molecule has 0 aromatic heterocycles. The van der Waals surface area contributed by atoms with Crippen molar-refractivity contribution in [3.05, 3.63) is 84.9 Å². The van der Waals surface area contributed by atoms with Crippen LogP contribution in [0.2, 0.25) is 0 Å².